The first-order valence-electron chi connectivity index (χ1n) is 14.8. The van der Waals surface area contributed by atoms with Gasteiger partial charge in [-0.3, -0.25) is 9.69 Å². The maximum atomic E-state index is 16.8. The minimum Gasteiger partial charge on any atom is -0.462 e. The van der Waals surface area contributed by atoms with Gasteiger partial charge in [-0.15, -0.1) is 0 Å². The zero-order valence-electron chi connectivity index (χ0n) is 25.8. The van der Waals surface area contributed by atoms with Gasteiger partial charge in [-0.25, -0.2) is 13.8 Å². The average molecular weight is 678 g/mol. The third-order valence-electron chi connectivity index (χ3n) is 8.90. The highest BCUT2D eigenvalue weighted by Crippen LogP contribution is 2.46. The average Bonchev–Trinajstić information content (AvgIpc) is 3.77. The minimum absolute atomic E-state index is 0.00412. The van der Waals surface area contributed by atoms with Crippen LogP contribution in [0.4, 0.5) is 32.9 Å². The number of carbonyl (C=O) groups excluding carboxylic acids is 1. The summed E-state index contributed by atoms with van der Waals surface area (Å²) in [6.45, 7) is 4.95. The van der Waals surface area contributed by atoms with Crippen molar-refractivity contribution >= 4 is 49.3 Å². The summed E-state index contributed by atoms with van der Waals surface area (Å²) in [5.41, 5.74) is 2.71. The molecule has 0 spiro atoms. The van der Waals surface area contributed by atoms with Gasteiger partial charge >= 0.3 is 12.2 Å². The van der Waals surface area contributed by atoms with Crippen LogP contribution in [0, 0.1) is 11.6 Å². The monoisotopic (exact) mass is 677 g/mol. The number of hydrogen-bond donors (Lipinski definition) is 1. The third-order valence-corrected chi connectivity index (χ3v) is 9.79. The van der Waals surface area contributed by atoms with Crippen molar-refractivity contribution < 1.29 is 36.2 Å². The fourth-order valence-electron chi connectivity index (χ4n) is 6.33. The van der Waals surface area contributed by atoms with E-state index in [1.165, 1.54) is 6.08 Å². The molecule has 0 aliphatic carbocycles. The number of amides is 1. The zero-order valence-corrected chi connectivity index (χ0v) is 26.6. The summed E-state index contributed by atoms with van der Waals surface area (Å²) in [5, 5.41) is -0.299. The molecular weight excluding hydrogens is 645 g/mol. The maximum absolute atomic E-state index is 16.8. The number of carbonyl (C=O) groups is 1. The van der Waals surface area contributed by atoms with Gasteiger partial charge in [0.1, 0.15) is 23.8 Å². The van der Waals surface area contributed by atoms with Crippen molar-refractivity contribution in [2.24, 2.45) is 0 Å². The molecule has 16 heteroatoms. The molecule has 0 bridgehead atoms. The van der Waals surface area contributed by atoms with Crippen LogP contribution in [-0.2, 0) is 15.7 Å². The van der Waals surface area contributed by atoms with Gasteiger partial charge < -0.3 is 25.0 Å². The van der Waals surface area contributed by atoms with E-state index in [-0.39, 0.29) is 75.4 Å². The standard InChI is InChI=1S/C31H32F5N7O3S/c1-5-22(44)43-9-8-15(12-43)42(3)28-19-11-20(31(34,35)36)23(18-6-7-21(32)27-26(18)38-29(37)47-27)24(33)25(19)39-30(40-28)46-14-16-10-17(45-4)13-41(16)2/h5-7,11,15-17H,1,8-10,12-14H2,2-4H3,(H2,37,38). The number of nitrogens with two attached hydrogens (primary N) is 1. The number of nitrogen functional groups attached to an aromatic ring is 1. The molecule has 3 atom stereocenters. The number of fused-ring (bicyclic) bond motifs is 2. The van der Waals surface area contributed by atoms with Crippen molar-refractivity contribution in [1.29, 1.82) is 0 Å². The van der Waals surface area contributed by atoms with E-state index in [4.69, 9.17) is 15.2 Å². The van der Waals surface area contributed by atoms with Crippen molar-refractivity contribution in [3.8, 4) is 17.1 Å². The fraction of sp³-hybridized carbons (Fsp3) is 0.419. The number of likely N-dealkylation sites (N-methyl/N-ethyl adjacent to an activating group) is 2. The molecule has 2 N–H and O–H groups in total. The fourth-order valence-corrected chi connectivity index (χ4v) is 7.09. The van der Waals surface area contributed by atoms with Gasteiger partial charge in [-0.05, 0) is 44.2 Å². The number of alkyl halides is 3. The van der Waals surface area contributed by atoms with E-state index in [0.29, 0.717) is 25.9 Å². The Labute approximate surface area is 270 Å². The Balaban J connectivity index is 1.53. The van der Waals surface area contributed by atoms with E-state index in [1.807, 2.05) is 11.9 Å². The summed E-state index contributed by atoms with van der Waals surface area (Å²) in [5.74, 6) is -2.34. The molecule has 2 fully saturated rings. The molecule has 4 aromatic rings. The molecular formula is C31H32F5N7O3S. The molecule has 10 nitrogen and oxygen atoms in total. The number of nitrogens with zero attached hydrogens (tertiary/aromatic N) is 6. The van der Waals surface area contributed by atoms with E-state index in [2.05, 4.69) is 21.5 Å². The van der Waals surface area contributed by atoms with Gasteiger partial charge in [0.15, 0.2) is 10.9 Å². The summed E-state index contributed by atoms with van der Waals surface area (Å²) < 4.78 is 87.1. The molecule has 6 rings (SSSR count). The predicted octanol–water partition coefficient (Wildman–Crippen LogP) is 5.11. The molecule has 3 unspecified atom stereocenters. The van der Waals surface area contributed by atoms with Crippen molar-refractivity contribution in [1.82, 2.24) is 24.8 Å². The van der Waals surface area contributed by atoms with Crippen LogP contribution in [0.2, 0.25) is 0 Å². The van der Waals surface area contributed by atoms with Gasteiger partial charge in [-0.1, -0.05) is 17.9 Å². The number of hydrogen-bond acceptors (Lipinski definition) is 10. The summed E-state index contributed by atoms with van der Waals surface area (Å²) in [7, 11) is 5.14. The first-order chi connectivity index (χ1) is 22.3. The van der Waals surface area contributed by atoms with Crippen LogP contribution >= 0.6 is 11.3 Å². The first-order valence-corrected chi connectivity index (χ1v) is 15.6. The smallest absolute Gasteiger partial charge is 0.417 e. The second kappa shape index (κ2) is 12.5. The number of benzene rings is 2. The summed E-state index contributed by atoms with van der Waals surface area (Å²) in [4.78, 5) is 30.3. The maximum Gasteiger partial charge on any atom is 0.417 e. The van der Waals surface area contributed by atoms with Gasteiger partial charge in [0, 0.05) is 62.4 Å². The minimum atomic E-state index is -5.04. The molecule has 2 aliphatic rings. The normalized spacial score (nSPS) is 20.4. The highest BCUT2D eigenvalue weighted by molar-refractivity contribution is 7.22. The van der Waals surface area contributed by atoms with Gasteiger partial charge in [0.25, 0.3) is 0 Å². The van der Waals surface area contributed by atoms with Crippen LogP contribution in [0.25, 0.3) is 32.2 Å². The lowest BCUT2D eigenvalue weighted by molar-refractivity contribution is -0.137. The molecule has 4 heterocycles. The largest absolute Gasteiger partial charge is 0.462 e. The predicted molar refractivity (Wildman–Crippen MR) is 168 cm³/mol. The third kappa shape index (κ3) is 6.05. The quantitative estimate of drug-likeness (QED) is 0.201. The van der Waals surface area contributed by atoms with Gasteiger partial charge in [0.2, 0.25) is 5.91 Å². The molecule has 2 aliphatic heterocycles. The van der Waals surface area contributed by atoms with Crippen LogP contribution in [0.1, 0.15) is 18.4 Å². The summed E-state index contributed by atoms with van der Waals surface area (Å²) >= 11 is 0.746. The van der Waals surface area contributed by atoms with Gasteiger partial charge in [-0.2, -0.15) is 23.1 Å². The van der Waals surface area contributed by atoms with Crippen molar-refractivity contribution in [2.75, 3.05) is 58.1 Å². The molecule has 47 heavy (non-hydrogen) atoms. The van der Waals surface area contributed by atoms with E-state index in [0.717, 1.165) is 29.5 Å². The highest BCUT2D eigenvalue weighted by Gasteiger charge is 2.39. The highest BCUT2D eigenvalue weighted by atomic mass is 32.1. The molecule has 2 saturated heterocycles. The van der Waals surface area contributed by atoms with Gasteiger partial charge in [0.05, 0.1) is 21.9 Å². The SMILES string of the molecule is C=CC(=O)N1CCC(N(C)c2nc(OCC3CC(OC)CN3C)nc3c(F)c(-c4ccc(F)c5sc(N)nc45)c(C(F)(F)F)cc23)C1. The molecule has 250 valence electrons. The number of aromatic nitrogens is 3. The molecule has 0 saturated carbocycles. The van der Waals surface area contributed by atoms with Crippen molar-refractivity contribution in [3.05, 3.63) is 48.1 Å². The zero-order chi connectivity index (χ0) is 33.8. The van der Waals surface area contributed by atoms with Crippen LogP contribution < -0.4 is 15.4 Å². The molecule has 2 aromatic carbocycles. The Bertz CT molecular complexity index is 1870. The number of thiazole rings is 1. The Morgan fingerprint density at radius 2 is 1.98 bits per heavy atom. The molecule has 0 radical (unpaired) electrons. The lowest BCUT2D eigenvalue weighted by Gasteiger charge is -2.28. The molecule has 2 aromatic heterocycles. The summed E-state index contributed by atoms with van der Waals surface area (Å²) in [6, 6.07) is 2.12. The number of rotatable bonds is 8. The number of likely N-dealkylation sites (tertiary alicyclic amines) is 2. The van der Waals surface area contributed by atoms with Crippen LogP contribution in [0.5, 0.6) is 6.01 Å². The number of halogens is 5. The van der Waals surface area contributed by atoms with E-state index >= 15 is 4.39 Å². The van der Waals surface area contributed by atoms with Crippen molar-refractivity contribution in [3.63, 3.8) is 0 Å². The Hall–Kier alpha value is -4.15. The van der Waals surface area contributed by atoms with Crippen LogP contribution in [-0.4, -0.2) is 96.3 Å². The lowest BCUT2D eigenvalue weighted by atomic mass is 9.95. The second-order valence-electron chi connectivity index (χ2n) is 11.7. The second-order valence-corrected chi connectivity index (χ2v) is 12.7. The number of methoxy groups -OCH3 is 1. The topological polar surface area (TPSA) is 110 Å². The Kier molecular flexibility index (Phi) is 8.69. The molecule has 1 amide bonds. The van der Waals surface area contributed by atoms with E-state index in [9.17, 15) is 22.4 Å². The van der Waals surface area contributed by atoms with E-state index < -0.39 is 34.5 Å². The first kappa shape index (κ1) is 32.8. The Morgan fingerprint density at radius 1 is 1.21 bits per heavy atom. The Morgan fingerprint density at radius 3 is 2.66 bits per heavy atom. The number of anilines is 2. The summed E-state index contributed by atoms with van der Waals surface area (Å²) in [6.07, 6.45) is -2.72. The lowest BCUT2D eigenvalue weighted by Crippen LogP contribution is -2.37. The van der Waals surface area contributed by atoms with Crippen molar-refractivity contribution in [2.45, 2.75) is 37.2 Å². The van der Waals surface area contributed by atoms with Crippen LogP contribution in [0.15, 0.2) is 30.9 Å². The van der Waals surface area contributed by atoms with Crippen LogP contribution in [0.3, 0.4) is 0 Å². The van der Waals surface area contributed by atoms with E-state index in [1.54, 1.807) is 24.0 Å². The number of ether oxygens (including phenoxy) is 2.